The summed E-state index contributed by atoms with van der Waals surface area (Å²) in [6, 6.07) is 5.77. The van der Waals surface area contributed by atoms with Gasteiger partial charge in [0.25, 0.3) is 5.91 Å². The zero-order chi connectivity index (χ0) is 20.6. The third-order valence-electron chi connectivity index (χ3n) is 3.67. The zero-order valence-corrected chi connectivity index (χ0v) is 15.0. The van der Waals surface area contributed by atoms with Crippen LogP contribution in [-0.4, -0.2) is 37.0 Å². The van der Waals surface area contributed by atoms with E-state index in [0.717, 1.165) is 12.1 Å². The van der Waals surface area contributed by atoms with Crippen LogP contribution in [0.25, 0.3) is 0 Å². The van der Waals surface area contributed by atoms with Gasteiger partial charge in [0.05, 0.1) is 11.1 Å². The number of rotatable bonds is 6. The lowest BCUT2D eigenvalue weighted by atomic mass is 10.1. The number of aromatic nitrogens is 1. The number of aliphatic imine (C=N–C) groups is 1. The monoisotopic (exact) mass is 397 g/mol. The quantitative estimate of drug-likeness (QED) is 0.303. The molecule has 2 rings (SSSR count). The summed E-state index contributed by atoms with van der Waals surface area (Å²) in [7, 11) is 1.46. The standard InChI is InChI=1S/C18H19F4N5O/c1-23-17(26-8-7-25-16(28)13-3-2-6-24-10-13)27-11-12-4-5-14(19)9-15(12)18(20,21)22/h2-6,9-10H,7-8,11H2,1H3,(H,25,28)(H2,23,26,27). The van der Waals surface area contributed by atoms with E-state index in [4.69, 9.17) is 0 Å². The summed E-state index contributed by atoms with van der Waals surface area (Å²) in [4.78, 5) is 19.6. The van der Waals surface area contributed by atoms with Gasteiger partial charge in [-0.3, -0.25) is 14.8 Å². The lowest BCUT2D eigenvalue weighted by molar-refractivity contribution is -0.138. The minimum atomic E-state index is -4.66. The van der Waals surface area contributed by atoms with Gasteiger partial charge in [0.1, 0.15) is 5.82 Å². The predicted molar refractivity (Wildman–Crippen MR) is 96.2 cm³/mol. The first-order chi connectivity index (χ1) is 13.3. The number of carbonyl (C=O) groups is 1. The summed E-state index contributed by atoms with van der Waals surface area (Å²) in [6.07, 6.45) is -1.67. The van der Waals surface area contributed by atoms with Gasteiger partial charge in [-0.2, -0.15) is 13.2 Å². The summed E-state index contributed by atoms with van der Waals surface area (Å²) in [6.45, 7) is 0.358. The van der Waals surface area contributed by atoms with Crippen molar-refractivity contribution in [3.05, 3.63) is 65.2 Å². The highest BCUT2D eigenvalue weighted by atomic mass is 19.4. The molecule has 2 aromatic rings. The molecule has 1 aromatic heterocycles. The average molecular weight is 397 g/mol. The Kier molecular flexibility index (Phi) is 7.30. The van der Waals surface area contributed by atoms with Crippen molar-refractivity contribution in [2.45, 2.75) is 12.7 Å². The molecule has 0 aliphatic carbocycles. The number of hydrogen-bond donors (Lipinski definition) is 3. The van der Waals surface area contributed by atoms with E-state index in [-0.39, 0.29) is 30.5 Å². The molecule has 1 amide bonds. The Morgan fingerprint density at radius 3 is 2.54 bits per heavy atom. The molecule has 0 atom stereocenters. The van der Waals surface area contributed by atoms with Gasteiger partial charge < -0.3 is 16.0 Å². The SMILES string of the molecule is CN=C(NCCNC(=O)c1cccnc1)NCc1ccc(F)cc1C(F)(F)F. The van der Waals surface area contributed by atoms with E-state index in [1.165, 1.54) is 13.2 Å². The molecule has 0 spiro atoms. The second-order valence-corrected chi connectivity index (χ2v) is 5.65. The lowest BCUT2D eigenvalue weighted by Crippen LogP contribution is -2.41. The van der Waals surface area contributed by atoms with Crippen LogP contribution < -0.4 is 16.0 Å². The van der Waals surface area contributed by atoms with Crippen molar-refractivity contribution in [1.82, 2.24) is 20.9 Å². The third kappa shape index (κ3) is 6.22. The minimum Gasteiger partial charge on any atom is -0.355 e. The van der Waals surface area contributed by atoms with Crippen LogP contribution in [0.15, 0.2) is 47.7 Å². The Hall–Kier alpha value is -3.17. The molecule has 1 heterocycles. The minimum absolute atomic E-state index is 0.110. The van der Waals surface area contributed by atoms with Gasteiger partial charge >= 0.3 is 6.18 Å². The van der Waals surface area contributed by atoms with Gasteiger partial charge in [0, 0.05) is 39.1 Å². The Morgan fingerprint density at radius 1 is 1.14 bits per heavy atom. The van der Waals surface area contributed by atoms with Gasteiger partial charge in [-0.25, -0.2) is 4.39 Å². The van der Waals surface area contributed by atoms with E-state index in [9.17, 15) is 22.4 Å². The number of hydrogen-bond acceptors (Lipinski definition) is 3. The Morgan fingerprint density at radius 2 is 1.89 bits per heavy atom. The zero-order valence-electron chi connectivity index (χ0n) is 15.0. The van der Waals surface area contributed by atoms with E-state index >= 15 is 0 Å². The van der Waals surface area contributed by atoms with Crippen molar-refractivity contribution in [1.29, 1.82) is 0 Å². The van der Waals surface area contributed by atoms with E-state index < -0.39 is 17.6 Å². The maximum absolute atomic E-state index is 13.1. The molecule has 0 aliphatic rings. The molecular weight excluding hydrogens is 378 g/mol. The number of carbonyl (C=O) groups excluding carboxylic acids is 1. The first-order valence-corrected chi connectivity index (χ1v) is 8.29. The maximum Gasteiger partial charge on any atom is 0.416 e. The number of halogens is 4. The molecule has 6 nitrogen and oxygen atoms in total. The first-order valence-electron chi connectivity index (χ1n) is 8.29. The molecule has 28 heavy (non-hydrogen) atoms. The molecular formula is C18H19F4N5O. The van der Waals surface area contributed by atoms with E-state index in [1.54, 1.807) is 18.3 Å². The van der Waals surface area contributed by atoms with Gasteiger partial charge in [-0.15, -0.1) is 0 Å². The molecule has 0 aliphatic heterocycles. The van der Waals surface area contributed by atoms with Crippen LogP contribution in [0.2, 0.25) is 0 Å². The average Bonchev–Trinajstić information content (AvgIpc) is 2.68. The second kappa shape index (κ2) is 9.67. The van der Waals surface area contributed by atoms with Crippen LogP contribution in [-0.2, 0) is 12.7 Å². The van der Waals surface area contributed by atoms with Gasteiger partial charge in [0.2, 0.25) is 0 Å². The lowest BCUT2D eigenvalue weighted by Gasteiger charge is -2.16. The highest BCUT2D eigenvalue weighted by Gasteiger charge is 2.33. The normalized spacial score (nSPS) is 11.8. The highest BCUT2D eigenvalue weighted by Crippen LogP contribution is 2.32. The molecule has 10 heteroatoms. The fraction of sp³-hybridized carbons (Fsp3) is 0.278. The Labute approximate surface area is 159 Å². The van der Waals surface area contributed by atoms with Crippen molar-refractivity contribution in [2.75, 3.05) is 20.1 Å². The molecule has 3 N–H and O–H groups in total. The highest BCUT2D eigenvalue weighted by molar-refractivity contribution is 5.93. The summed E-state index contributed by atoms with van der Waals surface area (Å²) >= 11 is 0. The molecule has 0 radical (unpaired) electrons. The summed E-state index contributed by atoms with van der Waals surface area (Å²) < 4.78 is 52.2. The number of alkyl halides is 3. The second-order valence-electron chi connectivity index (χ2n) is 5.65. The number of nitrogens with zero attached hydrogens (tertiary/aromatic N) is 2. The number of benzene rings is 1. The number of amides is 1. The van der Waals surface area contributed by atoms with Crippen molar-refractivity contribution < 1.29 is 22.4 Å². The van der Waals surface area contributed by atoms with Crippen molar-refractivity contribution in [3.63, 3.8) is 0 Å². The molecule has 0 unspecified atom stereocenters. The van der Waals surface area contributed by atoms with Crippen molar-refractivity contribution in [3.8, 4) is 0 Å². The molecule has 0 bridgehead atoms. The molecule has 0 saturated carbocycles. The number of pyridine rings is 1. The summed E-state index contributed by atoms with van der Waals surface area (Å²) in [5, 5.41) is 8.27. The molecule has 1 aromatic carbocycles. The van der Waals surface area contributed by atoms with E-state index in [1.807, 2.05) is 0 Å². The molecule has 0 saturated heterocycles. The number of nitrogens with one attached hydrogen (secondary N) is 3. The van der Waals surface area contributed by atoms with Gasteiger partial charge in [-0.05, 0) is 29.8 Å². The molecule has 150 valence electrons. The van der Waals surface area contributed by atoms with Crippen LogP contribution in [0.5, 0.6) is 0 Å². The van der Waals surface area contributed by atoms with E-state index in [0.29, 0.717) is 18.2 Å². The van der Waals surface area contributed by atoms with Crippen LogP contribution in [0.3, 0.4) is 0 Å². The van der Waals surface area contributed by atoms with Crippen LogP contribution in [0, 0.1) is 5.82 Å². The van der Waals surface area contributed by atoms with Gasteiger partial charge in [-0.1, -0.05) is 6.07 Å². The fourth-order valence-corrected chi connectivity index (χ4v) is 2.32. The Balaban J connectivity index is 1.83. The Bertz CT molecular complexity index is 824. The van der Waals surface area contributed by atoms with Gasteiger partial charge in [0.15, 0.2) is 5.96 Å². The number of guanidine groups is 1. The summed E-state index contributed by atoms with van der Waals surface area (Å²) in [5.41, 5.74) is -0.734. The largest absolute Gasteiger partial charge is 0.416 e. The predicted octanol–water partition coefficient (Wildman–Crippen LogP) is 2.33. The van der Waals surface area contributed by atoms with E-state index in [2.05, 4.69) is 25.9 Å². The smallest absolute Gasteiger partial charge is 0.355 e. The van der Waals surface area contributed by atoms with Crippen LogP contribution in [0.4, 0.5) is 17.6 Å². The summed E-state index contributed by atoms with van der Waals surface area (Å²) in [5.74, 6) is -1.00. The van der Waals surface area contributed by atoms with Crippen molar-refractivity contribution in [2.24, 2.45) is 4.99 Å². The topological polar surface area (TPSA) is 78.4 Å². The molecule has 0 fully saturated rings. The fourth-order valence-electron chi connectivity index (χ4n) is 2.32. The maximum atomic E-state index is 13.1. The van der Waals surface area contributed by atoms with Crippen LogP contribution >= 0.6 is 0 Å². The third-order valence-corrected chi connectivity index (χ3v) is 3.67. The van der Waals surface area contributed by atoms with Crippen LogP contribution in [0.1, 0.15) is 21.5 Å². The first kappa shape index (κ1) is 21.1. The van der Waals surface area contributed by atoms with Crippen molar-refractivity contribution >= 4 is 11.9 Å².